The van der Waals surface area contributed by atoms with Crippen molar-refractivity contribution in [1.82, 2.24) is 5.16 Å². The Morgan fingerprint density at radius 3 is 2.83 bits per heavy atom. The summed E-state index contributed by atoms with van der Waals surface area (Å²) in [4.78, 5) is 11.0. The van der Waals surface area contributed by atoms with Crippen molar-refractivity contribution in [2.45, 2.75) is 0 Å². The summed E-state index contributed by atoms with van der Waals surface area (Å²) in [6.07, 6.45) is 0. The molecule has 0 saturated carbocycles. The molecule has 0 aliphatic carbocycles. The number of nitrogens with zero attached hydrogens (tertiary/aromatic N) is 1. The molecule has 94 valence electrons. The SMILES string of the molecule is COc1ccc(-c2c(C(=O)O)noc2N)cc1Cl. The van der Waals surface area contributed by atoms with E-state index in [0.29, 0.717) is 16.3 Å². The Labute approximate surface area is 107 Å². The standard InChI is InChI=1S/C11H9ClN2O4/c1-17-7-3-2-5(4-6(7)12)8-9(11(15)16)14-18-10(8)13/h2-4H,13H2,1H3,(H,15,16). The van der Waals surface area contributed by atoms with Crippen LogP contribution in [0.15, 0.2) is 22.7 Å². The van der Waals surface area contributed by atoms with Crippen molar-refractivity contribution >= 4 is 23.5 Å². The summed E-state index contributed by atoms with van der Waals surface area (Å²) >= 11 is 5.97. The van der Waals surface area contributed by atoms with Gasteiger partial charge in [0.2, 0.25) is 11.6 Å². The van der Waals surface area contributed by atoms with Crippen LogP contribution >= 0.6 is 11.6 Å². The molecule has 0 radical (unpaired) electrons. The van der Waals surface area contributed by atoms with Gasteiger partial charge in [-0.2, -0.15) is 0 Å². The number of halogens is 1. The summed E-state index contributed by atoms with van der Waals surface area (Å²) in [7, 11) is 1.48. The predicted molar refractivity (Wildman–Crippen MR) is 64.9 cm³/mol. The van der Waals surface area contributed by atoms with Crippen LogP contribution in [0.2, 0.25) is 5.02 Å². The predicted octanol–water partition coefficient (Wildman–Crippen LogP) is 2.28. The molecule has 0 aliphatic heterocycles. The second kappa shape index (κ2) is 4.58. The number of carboxylic acid groups (broad SMARTS) is 1. The molecule has 0 atom stereocenters. The molecule has 1 aromatic carbocycles. The highest BCUT2D eigenvalue weighted by atomic mass is 35.5. The summed E-state index contributed by atoms with van der Waals surface area (Å²) in [5.41, 5.74) is 6.01. The van der Waals surface area contributed by atoms with Crippen LogP contribution in [0.4, 0.5) is 5.88 Å². The maximum Gasteiger partial charge on any atom is 0.358 e. The molecule has 18 heavy (non-hydrogen) atoms. The smallest absolute Gasteiger partial charge is 0.358 e. The topological polar surface area (TPSA) is 98.6 Å². The summed E-state index contributed by atoms with van der Waals surface area (Å²) in [5.74, 6) is -0.821. The van der Waals surface area contributed by atoms with Gasteiger partial charge >= 0.3 is 5.97 Å². The monoisotopic (exact) mass is 268 g/mol. The number of hydrogen-bond donors (Lipinski definition) is 2. The molecule has 7 heteroatoms. The number of nitrogen functional groups attached to an aromatic ring is 1. The molecule has 0 aliphatic rings. The zero-order chi connectivity index (χ0) is 13.3. The van der Waals surface area contributed by atoms with Crippen LogP contribution in [-0.4, -0.2) is 23.3 Å². The van der Waals surface area contributed by atoms with E-state index in [9.17, 15) is 4.79 Å². The normalized spacial score (nSPS) is 10.3. The summed E-state index contributed by atoms with van der Waals surface area (Å²) in [6.45, 7) is 0. The number of carboxylic acids is 1. The van der Waals surface area contributed by atoms with Gasteiger partial charge in [0.25, 0.3) is 0 Å². The third-order valence-electron chi connectivity index (χ3n) is 2.36. The molecule has 2 aromatic rings. The van der Waals surface area contributed by atoms with Crippen molar-refractivity contribution in [3.63, 3.8) is 0 Å². The number of anilines is 1. The number of carbonyl (C=O) groups is 1. The first kappa shape index (κ1) is 12.3. The van der Waals surface area contributed by atoms with Gasteiger partial charge in [0, 0.05) is 0 Å². The van der Waals surface area contributed by atoms with Crippen molar-refractivity contribution in [3.8, 4) is 16.9 Å². The van der Waals surface area contributed by atoms with Gasteiger partial charge in [-0.3, -0.25) is 0 Å². The average Bonchev–Trinajstić information content (AvgIpc) is 2.71. The van der Waals surface area contributed by atoms with Gasteiger partial charge in [-0.05, 0) is 17.7 Å². The van der Waals surface area contributed by atoms with Gasteiger partial charge in [-0.1, -0.05) is 22.8 Å². The quantitative estimate of drug-likeness (QED) is 0.886. The zero-order valence-corrected chi connectivity index (χ0v) is 10.1. The van der Waals surface area contributed by atoms with Crippen molar-refractivity contribution < 1.29 is 19.2 Å². The van der Waals surface area contributed by atoms with E-state index >= 15 is 0 Å². The lowest BCUT2D eigenvalue weighted by atomic mass is 10.1. The van der Waals surface area contributed by atoms with Crippen LogP contribution in [0.3, 0.4) is 0 Å². The van der Waals surface area contributed by atoms with Crippen molar-refractivity contribution in [1.29, 1.82) is 0 Å². The number of methoxy groups -OCH3 is 1. The van der Waals surface area contributed by atoms with E-state index < -0.39 is 5.97 Å². The fourth-order valence-corrected chi connectivity index (χ4v) is 1.81. The number of nitrogens with two attached hydrogens (primary N) is 1. The highest BCUT2D eigenvalue weighted by Gasteiger charge is 2.21. The van der Waals surface area contributed by atoms with Gasteiger partial charge in [-0.15, -0.1) is 0 Å². The minimum Gasteiger partial charge on any atom is -0.495 e. The fraction of sp³-hybridized carbons (Fsp3) is 0.0909. The maximum absolute atomic E-state index is 11.0. The van der Waals surface area contributed by atoms with Gasteiger partial charge in [0.05, 0.1) is 17.7 Å². The van der Waals surface area contributed by atoms with E-state index in [1.54, 1.807) is 12.1 Å². The number of hydrogen-bond acceptors (Lipinski definition) is 5. The molecule has 3 N–H and O–H groups in total. The number of aromatic carboxylic acids is 1. The Balaban J connectivity index is 2.58. The molecule has 2 rings (SSSR count). The Kier molecular flexibility index (Phi) is 3.12. The number of ether oxygens (including phenoxy) is 1. The minimum absolute atomic E-state index is 0.0753. The molecular formula is C11H9ClN2O4. The van der Waals surface area contributed by atoms with Crippen molar-refractivity contribution in [3.05, 3.63) is 28.9 Å². The molecule has 0 saturated heterocycles. The fourth-order valence-electron chi connectivity index (χ4n) is 1.55. The lowest BCUT2D eigenvalue weighted by Gasteiger charge is -2.05. The van der Waals surface area contributed by atoms with Crippen LogP contribution in [0.1, 0.15) is 10.5 Å². The second-order valence-electron chi connectivity index (χ2n) is 3.42. The Hall–Kier alpha value is -2.21. The Morgan fingerprint density at radius 2 is 2.28 bits per heavy atom. The van der Waals surface area contributed by atoms with Gasteiger partial charge < -0.3 is 20.1 Å². The molecule has 0 bridgehead atoms. The lowest BCUT2D eigenvalue weighted by Crippen LogP contribution is -1.99. The lowest BCUT2D eigenvalue weighted by molar-refractivity contribution is 0.0686. The van der Waals surface area contributed by atoms with Crippen LogP contribution in [0, 0.1) is 0 Å². The highest BCUT2D eigenvalue weighted by molar-refractivity contribution is 6.32. The van der Waals surface area contributed by atoms with Crippen molar-refractivity contribution in [2.75, 3.05) is 12.8 Å². The number of rotatable bonds is 3. The Bertz CT molecular complexity index is 609. The van der Waals surface area contributed by atoms with E-state index in [0.717, 1.165) is 0 Å². The van der Waals surface area contributed by atoms with Crippen LogP contribution < -0.4 is 10.5 Å². The molecule has 0 fully saturated rings. The summed E-state index contributed by atoms with van der Waals surface area (Å²) in [6, 6.07) is 4.77. The largest absolute Gasteiger partial charge is 0.495 e. The van der Waals surface area contributed by atoms with Crippen LogP contribution in [0.5, 0.6) is 5.75 Å². The van der Waals surface area contributed by atoms with E-state index in [1.807, 2.05) is 0 Å². The van der Waals surface area contributed by atoms with Gasteiger partial charge in [-0.25, -0.2) is 4.79 Å². The number of aromatic nitrogens is 1. The molecule has 1 aromatic heterocycles. The second-order valence-corrected chi connectivity index (χ2v) is 3.83. The molecule has 1 heterocycles. The number of benzene rings is 1. The third-order valence-corrected chi connectivity index (χ3v) is 2.66. The summed E-state index contributed by atoms with van der Waals surface area (Å²) in [5, 5.41) is 12.7. The summed E-state index contributed by atoms with van der Waals surface area (Å²) < 4.78 is 9.69. The molecule has 0 spiro atoms. The van der Waals surface area contributed by atoms with E-state index in [1.165, 1.54) is 13.2 Å². The highest BCUT2D eigenvalue weighted by Crippen LogP contribution is 2.34. The van der Waals surface area contributed by atoms with Crippen LogP contribution in [-0.2, 0) is 0 Å². The maximum atomic E-state index is 11.0. The molecule has 0 amide bonds. The third kappa shape index (κ3) is 1.98. The van der Waals surface area contributed by atoms with Gasteiger partial charge in [0.15, 0.2) is 0 Å². The first-order valence-electron chi connectivity index (χ1n) is 4.87. The van der Waals surface area contributed by atoms with Crippen molar-refractivity contribution in [2.24, 2.45) is 0 Å². The zero-order valence-electron chi connectivity index (χ0n) is 9.31. The molecule has 6 nitrogen and oxygen atoms in total. The van der Waals surface area contributed by atoms with E-state index in [4.69, 9.17) is 27.2 Å². The molecular weight excluding hydrogens is 260 g/mol. The van der Waals surface area contributed by atoms with E-state index in [-0.39, 0.29) is 17.1 Å². The minimum atomic E-state index is -1.22. The Morgan fingerprint density at radius 1 is 1.56 bits per heavy atom. The average molecular weight is 269 g/mol. The molecule has 0 unspecified atom stereocenters. The van der Waals surface area contributed by atoms with Gasteiger partial charge in [0.1, 0.15) is 5.75 Å². The first-order chi connectivity index (χ1) is 8.54. The first-order valence-corrected chi connectivity index (χ1v) is 5.24. The van der Waals surface area contributed by atoms with E-state index in [2.05, 4.69) is 9.68 Å². The van der Waals surface area contributed by atoms with Crippen LogP contribution in [0.25, 0.3) is 11.1 Å².